The average Bonchev–Trinajstić information content (AvgIpc) is 2.73. The van der Waals surface area contributed by atoms with Gasteiger partial charge in [0, 0.05) is 35.4 Å². The first-order chi connectivity index (χ1) is 13.2. The lowest BCUT2D eigenvalue weighted by Gasteiger charge is -2.08. The van der Waals surface area contributed by atoms with E-state index in [-0.39, 0.29) is 30.6 Å². The minimum absolute atomic E-state index is 0. The number of para-hydroxylation sites is 1. The van der Waals surface area contributed by atoms with Crippen molar-refractivity contribution in [1.82, 2.24) is 5.32 Å². The van der Waals surface area contributed by atoms with Gasteiger partial charge in [0.25, 0.3) is 5.91 Å². The van der Waals surface area contributed by atoms with E-state index in [9.17, 15) is 9.59 Å². The van der Waals surface area contributed by atoms with Gasteiger partial charge in [-0.1, -0.05) is 48.5 Å². The number of nitrogens with zero attached hydrogens (tertiary/aromatic N) is 1. The largest absolute Gasteiger partial charge is 1.00 e. The number of carbonyl (C=O) groups is 2. The molecule has 0 bridgehead atoms. The molecule has 1 aromatic heterocycles. The van der Waals surface area contributed by atoms with Gasteiger partial charge in [-0.15, -0.1) is 0 Å². The van der Waals surface area contributed by atoms with Gasteiger partial charge < -0.3 is 22.5 Å². The van der Waals surface area contributed by atoms with Gasteiger partial charge in [-0.2, -0.15) is 4.57 Å². The third-order valence-corrected chi connectivity index (χ3v) is 4.18. The summed E-state index contributed by atoms with van der Waals surface area (Å²) in [5, 5.41) is 2.88. The molecule has 0 aliphatic carbocycles. The van der Waals surface area contributed by atoms with Crippen LogP contribution in [0.15, 0.2) is 79.1 Å². The van der Waals surface area contributed by atoms with Gasteiger partial charge in [0.05, 0.1) is 7.11 Å². The Morgan fingerprint density at radius 1 is 0.893 bits per heavy atom. The molecule has 0 radical (unpaired) electrons. The minimum atomic E-state index is -0.118. The monoisotopic (exact) mass is 396 g/mol. The summed E-state index contributed by atoms with van der Waals surface area (Å²) in [6, 6.07) is 20.1. The predicted octanol–water partition coefficient (Wildman–Crippen LogP) is -0.466. The maximum absolute atomic E-state index is 12.4. The number of amides is 1. The smallest absolute Gasteiger partial charge is 0.286 e. The second kappa shape index (κ2) is 10.2. The summed E-state index contributed by atoms with van der Waals surface area (Å²) < 4.78 is 7.01. The van der Waals surface area contributed by atoms with Crippen LogP contribution in [0.2, 0.25) is 0 Å². The number of ether oxygens (including phenoxy) is 1. The molecule has 6 heteroatoms. The number of aromatic nitrogens is 1. The van der Waals surface area contributed by atoms with E-state index in [2.05, 4.69) is 5.32 Å². The van der Waals surface area contributed by atoms with Crippen LogP contribution in [-0.2, 0) is 17.9 Å². The van der Waals surface area contributed by atoms with Crippen LogP contribution in [-0.4, -0.2) is 18.8 Å². The first kappa shape index (κ1) is 21.1. The quantitative estimate of drug-likeness (QED) is 0.434. The van der Waals surface area contributed by atoms with Crippen LogP contribution < -0.4 is 27.0 Å². The molecule has 2 aromatic carbocycles. The molecule has 3 rings (SSSR count). The van der Waals surface area contributed by atoms with Gasteiger partial charge in [-0.3, -0.25) is 9.59 Å². The molecule has 1 heterocycles. The van der Waals surface area contributed by atoms with Crippen molar-refractivity contribution in [2.24, 2.45) is 0 Å². The summed E-state index contributed by atoms with van der Waals surface area (Å²) in [4.78, 5) is 24.6. The number of benzene rings is 2. The number of ketones is 1. The Kier molecular flexibility index (Phi) is 7.72. The fraction of sp³-hybridized carbons (Fsp3) is 0.136. The molecule has 0 saturated heterocycles. The van der Waals surface area contributed by atoms with Gasteiger partial charge in [0.15, 0.2) is 18.2 Å². The third-order valence-electron chi connectivity index (χ3n) is 4.18. The van der Waals surface area contributed by atoms with E-state index in [1.807, 2.05) is 42.5 Å². The zero-order valence-corrected chi connectivity index (χ0v) is 16.2. The van der Waals surface area contributed by atoms with Crippen molar-refractivity contribution in [3.8, 4) is 5.75 Å². The molecule has 0 fully saturated rings. The van der Waals surface area contributed by atoms with E-state index in [4.69, 9.17) is 4.74 Å². The number of rotatable bonds is 7. The second-order valence-corrected chi connectivity index (χ2v) is 6.04. The standard InChI is InChI=1S/C22H20N2O3.ClH/c1-27-20-10-6-5-9-19(20)15-23-21(25)16-24-13-11-18(12-14-24)22(26)17-7-3-2-4-8-17;/h2-14H,15-16H2,1H3;1H. The maximum Gasteiger partial charge on any atom is 0.286 e. The number of hydrogen-bond acceptors (Lipinski definition) is 3. The summed E-state index contributed by atoms with van der Waals surface area (Å²) in [6.45, 7) is 0.572. The topological polar surface area (TPSA) is 59.3 Å². The number of halogens is 1. The predicted molar refractivity (Wildman–Crippen MR) is 101 cm³/mol. The van der Waals surface area contributed by atoms with Crippen LogP contribution in [0.3, 0.4) is 0 Å². The van der Waals surface area contributed by atoms with Gasteiger partial charge in [-0.25, -0.2) is 0 Å². The van der Waals surface area contributed by atoms with Crippen LogP contribution in [0.5, 0.6) is 5.75 Å². The average molecular weight is 397 g/mol. The van der Waals surface area contributed by atoms with Crippen molar-refractivity contribution in [3.05, 3.63) is 95.8 Å². The van der Waals surface area contributed by atoms with E-state index in [0.717, 1.165) is 11.3 Å². The fourth-order valence-corrected chi connectivity index (χ4v) is 2.73. The first-order valence-electron chi connectivity index (χ1n) is 8.65. The SMILES string of the molecule is COc1ccccc1CNC(=O)C[n+]1ccc(C(=O)c2ccccc2)cc1.[Cl-]. The van der Waals surface area contributed by atoms with Crippen molar-refractivity contribution >= 4 is 11.7 Å². The lowest BCUT2D eigenvalue weighted by molar-refractivity contribution is -0.684. The molecule has 5 nitrogen and oxygen atoms in total. The Hall–Kier alpha value is -3.18. The molecule has 144 valence electrons. The molecular formula is C22H21ClN2O3. The zero-order valence-electron chi connectivity index (χ0n) is 15.5. The van der Waals surface area contributed by atoms with Gasteiger partial charge in [0.2, 0.25) is 6.54 Å². The molecule has 0 saturated carbocycles. The first-order valence-corrected chi connectivity index (χ1v) is 8.65. The summed E-state index contributed by atoms with van der Waals surface area (Å²) in [7, 11) is 1.61. The number of pyridine rings is 1. The van der Waals surface area contributed by atoms with Crippen LogP contribution in [0.4, 0.5) is 0 Å². The highest BCUT2D eigenvalue weighted by Crippen LogP contribution is 2.16. The lowest BCUT2D eigenvalue weighted by Crippen LogP contribution is -3.00. The highest BCUT2D eigenvalue weighted by molar-refractivity contribution is 6.08. The Morgan fingerprint density at radius 2 is 1.50 bits per heavy atom. The van der Waals surface area contributed by atoms with Gasteiger partial charge in [0.1, 0.15) is 5.75 Å². The van der Waals surface area contributed by atoms with Crippen molar-refractivity contribution < 1.29 is 31.3 Å². The minimum Gasteiger partial charge on any atom is -1.00 e. The summed E-state index contributed by atoms with van der Waals surface area (Å²) in [5.41, 5.74) is 2.15. The molecule has 28 heavy (non-hydrogen) atoms. The number of carbonyl (C=O) groups excluding carboxylic acids is 2. The van der Waals surface area contributed by atoms with Crippen LogP contribution in [0, 0.1) is 0 Å². The fourth-order valence-electron chi connectivity index (χ4n) is 2.73. The van der Waals surface area contributed by atoms with Crippen molar-refractivity contribution in [1.29, 1.82) is 0 Å². The van der Waals surface area contributed by atoms with Gasteiger partial charge in [-0.05, 0) is 6.07 Å². The van der Waals surface area contributed by atoms with E-state index in [1.54, 1.807) is 48.3 Å². The molecule has 0 atom stereocenters. The molecular weight excluding hydrogens is 376 g/mol. The Bertz CT molecular complexity index is 928. The molecule has 0 aliphatic rings. The Morgan fingerprint density at radius 3 is 2.18 bits per heavy atom. The highest BCUT2D eigenvalue weighted by atomic mass is 35.5. The van der Waals surface area contributed by atoms with Crippen molar-refractivity contribution in [2.75, 3.05) is 7.11 Å². The maximum atomic E-state index is 12.4. The number of hydrogen-bond donors (Lipinski definition) is 1. The molecule has 1 N–H and O–H groups in total. The Labute approximate surface area is 170 Å². The number of methoxy groups -OCH3 is 1. The molecule has 0 spiro atoms. The summed E-state index contributed by atoms with van der Waals surface area (Å²) in [5.74, 6) is 0.589. The van der Waals surface area contributed by atoms with E-state index in [0.29, 0.717) is 17.7 Å². The normalized spacial score (nSPS) is 9.89. The molecule has 0 aliphatic heterocycles. The molecule has 3 aromatic rings. The van der Waals surface area contributed by atoms with Crippen molar-refractivity contribution in [3.63, 3.8) is 0 Å². The van der Waals surface area contributed by atoms with Crippen LogP contribution in [0.25, 0.3) is 0 Å². The van der Waals surface area contributed by atoms with Crippen LogP contribution in [0.1, 0.15) is 21.5 Å². The van der Waals surface area contributed by atoms with Crippen molar-refractivity contribution in [2.45, 2.75) is 13.1 Å². The van der Waals surface area contributed by atoms with Crippen LogP contribution >= 0.6 is 0 Å². The number of nitrogens with one attached hydrogen (secondary N) is 1. The van der Waals surface area contributed by atoms with E-state index in [1.165, 1.54) is 0 Å². The lowest BCUT2D eigenvalue weighted by atomic mass is 10.0. The summed E-state index contributed by atoms with van der Waals surface area (Å²) in [6.07, 6.45) is 3.47. The van der Waals surface area contributed by atoms with E-state index >= 15 is 0 Å². The molecule has 0 unspecified atom stereocenters. The highest BCUT2D eigenvalue weighted by Gasteiger charge is 2.13. The van der Waals surface area contributed by atoms with Gasteiger partial charge >= 0.3 is 0 Å². The molecule has 1 amide bonds. The third kappa shape index (κ3) is 5.41. The Balaban J connectivity index is 0.00000280. The zero-order chi connectivity index (χ0) is 19.1. The second-order valence-electron chi connectivity index (χ2n) is 6.04. The van der Waals surface area contributed by atoms with E-state index < -0.39 is 0 Å². The summed E-state index contributed by atoms with van der Waals surface area (Å²) >= 11 is 0.